The minimum Gasteiger partial charge on any atom is -0.302 e. The molecule has 0 unspecified atom stereocenters. The molecule has 25 heavy (non-hydrogen) atoms. The molecule has 0 aromatic carbocycles. The standard InChI is InChI=1S/C18H19N5S2/c1-17(2)8-10-12-15-20-14(11-6-5-7-24-11)21-23(15)9-19-16(12)25-13(10)18(3,4)22-17/h5-7,9,22H,8H2,1-4H3. The molecule has 0 radical (unpaired) electrons. The van der Waals surface area contributed by atoms with Crippen LogP contribution in [0.5, 0.6) is 0 Å². The molecule has 4 aromatic rings. The lowest BCUT2D eigenvalue weighted by molar-refractivity contribution is 0.248. The van der Waals surface area contributed by atoms with Gasteiger partial charge in [0.2, 0.25) is 0 Å². The predicted molar refractivity (Wildman–Crippen MR) is 103 cm³/mol. The van der Waals surface area contributed by atoms with Gasteiger partial charge in [-0.15, -0.1) is 27.8 Å². The van der Waals surface area contributed by atoms with E-state index in [0.29, 0.717) is 0 Å². The van der Waals surface area contributed by atoms with E-state index in [1.165, 1.54) is 15.8 Å². The van der Waals surface area contributed by atoms with Gasteiger partial charge in [-0.25, -0.2) is 14.5 Å². The van der Waals surface area contributed by atoms with Gasteiger partial charge < -0.3 is 5.32 Å². The number of nitrogens with one attached hydrogen (secondary N) is 1. The molecule has 7 heteroatoms. The van der Waals surface area contributed by atoms with Crippen LogP contribution < -0.4 is 5.32 Å². The first-order valence-corrected chi connectivity index (χ1v) is 10.0. The van der Waals surface area contributed by atoms with Crippen LogP contribution in [0.4, 0.5) is 0 Å². The van der Waals surface area contributed by atoms with Crippen LogP contribution in [-0.4, -0.2) is 25.1 Å². The normalized spacial score (nSPS) is 18.7. The van der Waals surface area contributed by atoms with Crippen molar-refractivity contribution >= 4 is 38.5 Å². The van der Waals surface area contributed by atoms with Crippen LogP contribution in [0.1, 0.15) is 38.1 Å². The Morgan fingerprint density at radius 3 is 2.84 bits per heavy atom. The third kappa shape index (κ3) is 2.26. The summed E-state index contributed by atoms with van der Waals surface area (Å²) in [7, 11) is 0. The molecule has 1 aliphatic heterocycles. The third-order valence-corrected chi connectivity index (χ3v) is 7.04. The quantitative estimate of drug-likeness (QED) is 0.546. The Bertz CT molecular complexity index is 1100. The molecule has 0 atom stereocenters. The molecule has 0 fully saturated rings. The monoisotopic (exact) mass is 369 g/mol. The van der Waals surface area contributed by atoms with Gasteiger partial charge in [0, 0.05) is 16.0 Å². The Morgan fingerprint density at radius 2 is 2.08 bits per heavy atom. The lowest BCUT2D eigenvalue weighted by Gasteiger charge is -2.42. The summed E-state index contributed by atoms with van der Waals surface area (Å²) in [5, 5.41) is 11.6. The Balaban J connectivity index is 1.83. The third-order valence-electron chi connectivity index (χ3n) is 4.71. The van der Waals surface area contributed by atoms with E-state index >= 15 is 0 Å². The van der Waals surface area contributed by atoms with E-state index in [4.69, 9.17) is 4.98 Å². The van der Waals surface area contributed by atoms with E-state index in [-0.39, 0.29) is 11.1 Å². The molecule has 0 saturated carbocycles. The fraction of sp³-hybridized carbons (Fsp3) is 0.389. The van der Waals surface area contributed by atoms with Gasteiger partial charge in [-0.1, -0.05) is 6.07 Å². The van der Waals surface area contributed by atoms with Gasteiger partial charge in [0.15, 0.2) is 11.5 Å². The first-order valence-electron chi connectivity index (χ1n) is 8.34. The van der Waals surface area contributed by atoms with Gasteiger partial charge in [-0.05, 0) is 51.1 Å². The molecular formula is C18H19N5S2. The van der Waals surface area contributed by atoms with Gasteiger partial charge in [0.05, 0.1) is 10.3 Å². The van der Waals surface area contributed by atoms with Crippen molar-refractivity contribution in [1.29, 1.82) is 0 Å². The summed E-state index contributed by atoms with van der Waals surface area (Å²) >= 11 is 3.44. The van der Waals surface area contributed by atoms with Crippen LogP contribution >= 0.6 is 22.7 Å². The van der Waals surface area contributed by atoms with E-state index in [1.807, 2.05) is 10.6 Å². The van der Waals surface area contributed by atoms with Gasteiger partial charge >= 0.3 is 0 Å². The second-order valence-corrected chi connectivity index (χ2v) is 9.77. The highest BCUT2D eigenvalue weighted by Crippen LogP contribution is 2.44. The minimum atomic E-state index is -0.0734. The van der Waals surface area contributed by atoms with Crippen molar-refractivity contribution in [2.24, 2.45) is 0 Å². The highest BCUT2D eigenvalue weighted by atomic mass is 32.1. The first kappa shape index (κ1) is 15.4. The molecule has 0 bridgehead atoms. The van der Waals surface area contributed by atoms with Crippen LogP contribution in [0.3, 0.4) is 0 Å². The summed E-state index contributed by atoms with van der Waals surface area (Å²) in [6.07, 6.45) is 2.75. The number of nitrogens with zero attached hydrogens (tertiary/aromatic N) is 4. The zero-order valence-electron chi connectivity index (χ0n) is 14.6. The Hall–Kier alpha value is -1.83. The zero-order valence-corrected chi connectivity index (χ0v) is 16.3. The largest absolute Gasteiger partial charge is 0.302 e. The lowest BCUT2D eigenvalue weighted by Crippen LogP contribution is -2.54. The fourth-order valence-corrected chi connectivity index (χ4v) is 5.89. The Kier molecular flexibility index (Phi) is 3.01. The molecule has 0 saturated heterocycles. The number of hydrogen-bond acceptors (Lipinski definition) is 6. The predicted octanol–water partition coefficient (Wildman–Crippen LogP) is 4.23. The van der Waals surface area contributed by atoms with Crippen molar-refractivity contribution in [3.05, 3.63) is 34.3 Å². The summed E-state index contributed by atoms with van der Waals surface area (Å²) in [6.45, 7) is 9.02. The molecular weight excluding hydrogens is 350 g/mol. The molecule has 4 aromatic heterocycles. The summed E-state index contributed by atoms with van der Waals surface area (Å²) in [6, 6.07) is 4.09. The van der Waals surface area contributed by atoms with E-state index in [1.54, 1.807) is 29.0 Å². The van der Waals surface area contributed by atoms with Crippen molar-refractivity contribution in [3.8, 4) is 10.7 Å². The summed E-state index contributed by atoms with van der Waals surface area (Å²) in [5.74, 6) is 0.775. The maximum atomic E-state index is 4.87. The molecule has 5 rings (SSSR count). The molecule has 128 valence electrons. The number of hydrogen-bond donors (Lipinski definition) is 1. The second kappa shape index (κ2) is 4.87. The molecule has 1 N–H and O–H groups in total. The van der Waals surface area contributed by atoms with Crippen molar-refractivity contribution in [3.63, 3.8) is 0 Å². The van der Waals surface area contributed by atoms with E-state index < -0.39 is 0 Å². The number of aromatic nitrogens is 4. The Labute approximate surface area is 153 Å². The summed E-state index contributed by atoms with van der Waals surface area (Å²) in [4.78, 5) is 13.0. The highest BCUT2D eigenvalue weighted by molar-refractivity contribution is 7.19. The van der Waals surface area contributed by atoms with E-state index in [0.717, 1.165) is 27.6 Å². The minimum absolute atomic E-state index is 0.0357. The summed E-state index contributed by atoms with van der Waals surface area (Å²) < 4.78 is 1.83. The Morgan fingerprint density at radius 1 is 1.24 bits per heavy atom. The number of rotatable bonds is 1. The molecule has 0 aliphatic carbocycles. The van der Waals surface area contributed by atoms with Crippen LogP contribution in [-0.2, 0) is 12.0 Å². The molecule has 0 amide bonds. The molecule has 0 spiro atoms. The van der Waals surface area contributed by atoms with Crippen molar-refractivity contribution in [2.45, 2.75) is 45.2 Å². The maximum absolute atomic E-state index is 4.87. The first-order chi connectivity index (χ1) is 11.8. The van der Waals surface area contributed by atoms with Gasteiger partial charge in [0.25, 0.3) is 0 Å². The van der Waals surface area contributed by atoms with Crippen molar-refractivity contribution in [1.82, 2.24) is 24.9 Å². The average molecular weight is 370 g/mol. The fourth-order valence-electron chi connectivity index (χ4n) is 4.03. The summed E-state index contributed by atoms with van der Waals surface area (Å²) in [5.41, 5.74) is 2.25. The van der Waals surface area contributed by atoms with Crippen LogP contribution in [0, 0.1) is 0 Å². The van der Waals surface area contributed by atoms with Gasteiger partial charge in [0.1, 0.15) is 11.2 Å². The number of thiophene rings is 2. The van der Waals surface area contributed by atoms with Gasteiger partial charge in [-0.3, -0.25) is 0 Å². The van der Waals surface area contributed by atoms with Crippen LogP contribution in [0.2, 0.25) is 0 Å². The van der Waals surface area contributed by atoms with Crippen LogP contribution in [0.15, 0.2) is 23.8 Å². The van der Waals surface area contributed by atoms with Crippen LogP contribution in [0.25, 0.3) is 26.6 Å². The SMILES string of the molecule is CC1(C)Cc2c(sc3ncn4nc(-c5cccs5)nc4c23)C(C)(C)N1. The molecule has 1 aliphatic rings. The van der Waals surface area contributed by atoms with Gasteiger partial charge in [-0.2, -0.15) is 0 Å². The molecule has 5 heterocycles. The highest BCUT2D eigenvalue weighted by Gasteiger charge is 2.39. The smallest absolute Gasteiger partial charge is 0.192 e. The topological polar surface area (TPSA) is 55.1 Å². The van der Waals surface area contributed by atoms with Crippen molar-refractivity contribution < 1.29 is 0 Å². The number of fused-ring (bicyclic) bond motifs is 5. The lowest BCUT2D eigenvalue weighted by atomic mass is 9.82. The van der Waals surface area contributed by atoms with Crippen molar-refractivity contribution in [2.75, 3.05) is 0 Å². The van der Waals surface area contributed by atoms with E-state index in [2.05, 4.69) is 54.5 Å². The van der Waals surface area contributed by atoms with E-state index in [9.17, 15) is 0 Å². The zero-order chi connectivity index (χ0) is 17.4. The average Bonchev–Trinajstić information content (AvgIpc) is 3.21. The second-order valence-electron chi connectivity index (χ2n) is 7.83. The maximum Gasteiger partial charge on any atom is 0.192 e. The molecule has 5 nitrogen and oxygen atoms in total.